The number of nitrogens with one attached hydrogen (secondary N) is 1. The van der Waals surface area contributed by atoms with E-state index >= 15 is 0 Å². The van der Waals surface area contributed by atoms with E-state index in [9.17, 15) is 14.4 Å². The van der Waals surface area contributed by atoms with Crippen LogP contribution in [0.15, 0.2) is 54.6 Å². The van der Waals surface area contributed by atoms with E-state index in [1.165, 1.54) is 4.90 Å². The summed E-state index contributed by atoms with van der Waals surface area (Å²) in [6.07, 6.45) is 0.627. The number of halogens is 2. The highest BCUT2D eigenvalue weighted by Gasteiger charge is 2.31. The van der Waals surface area contributed by atoms with E-state index in [1.54, 1.807) is 30.0 Å². The van der Waals surface area contributed by atoms with E-state index in [0.717, 1.165) is 16.5 Å². The highest BCUT2D eigenvalue weighted by atomic mass is 35.5. The lowest BCUT2D eigenvalue weighted by molar-refractivity contribution is -0.141. The number of carbonyl (C=O) groups excluding carboxylic acids is 3. The molecule has 1 atom stereocenters. The Bertz CT molecular complexity index is 1360. The second kappa shape index (κ2) is 10.7. The summed E-state index contributed by atoms with van der Waals surface area (Å²) >= 11 is 12.4. The van der Waals surface area contributed by atoms with Crippen LogP contribution in [0.25, 0.3) is 10.8 Å². The zero-order chi connectivity index (χ0) is 26.9. The molecular weight excluding hydrogens is 509 g/mol. The van der Waals surface area contributed by atoms with E-state index in [0.29, 0.717) is 34.1 Å². The summed E-state index contributed by atoms with van der Waals surface area (Å²) in [6, 6.07) is 16.0. The summed E-state index contributed by atoms with van der Waals surface area (Å²) in [6.45, 7) is 7.96. The molecule has 0 fully saturated rings. The Hall–Kier alpha value is -3.09. The van der Waals surface area contributed by atoms with Crippen LogP contribution in [-0.2, 0) is 16.1 Å². The third-order valence-corrected chi connectivity index (χ3v) is 7.03. The van der Waals surface area contributed by atoms with Gasteiger partial charge in [0, 0.05) is 46.0 Å². The first-order valence-electron chi connectivity index (χ1n) is 12.4. The summed E-state index contributed by atoms with van der Waals surface area (Å²) < 4.78 is 0. The summed E-state index contributed by atoms with van der Waals surface area (Å²) in [7, 11) is 0. The van der Waals surface area contributed by atoms with Gasteiger partial charge in [-0.15, -0.1) is 0 Å². The van der Waals surface area contributed by atoms with Crippen LogP contribution in [0.5, 0.6) is 0 Å². The minimum absolute atomic E-state index is 0.0537. The fraction of sp³-hybridized carbons (Fsp3) is 0.345. The van der Waals surface area contributed by atoms with Crippen molar-refractivity contribution in [1.82, 2.24) is 10.2 Å². The zero-order valence-corrected chi connectivity index (χ0v) is 23.0. The quantitative estimate of drug-likeness (QED) is 0.369. The van der Waals surface area contributed by atoms with Gasteiger partial charge in [0.25, 0.3) is 5.91 Å². The minimum atomic E-state index is -0.718. The highest BCUT2D eigenvalue weighted by molar-refractivity contribution is 6.35. The van der Waals surface area contributed by atoms with Gasteiger partial charge < -0.3 is 15.1 Å². The van der Waals surface area contributed by atoms with Crippen molar-refractivity contribution in [3.05, 3.63) is 75.8 Å². The smallest absolute Gasteiger partial charge is 0.258 e. The van der Waals surface area contributed by atoms with Crippen molar-refractivity contribution in [3.63, 3.8) is 0 Å². The molecule has 1 aliphatic rings. The molecule has 0 bridgehead atoms. The van der Waals surface area contributed by atoms with Gasteiger partial charge in [-0.05, 0) is 69.3 Å². The molecule has 4 rings (SSSR count). The maximum absolute atomic E-state index is 13.5. The third kappa shape index (κ3) is 5.91. The van der Waals surface area contributed by atoms with Crippen molar-refractivity contribution >= 4 is 57.4 Å². The van der Waals surface area contributed by atoms with Gasteiger partial charge >= 0.3 is 0 Å². The predicted molar refractivity (Wildman–Crippen MR) is 149 cm³/mol. The first-order chi connectivity index (χ1) is 17.5. The number of rotatable bonds is 8. The number of anilines is 1. The van der Waals surface area contributed by atoms with E-state index in [4.69, 9.17) is 23.2 Å². The van der Waals surface area contributed by atoms with Crippen molar-refractivity contribution in [2.45, 2.75) is 58.7 Å². The maximum atomic E-state index is 13.5. The van der Waals surface area contributed by atoms with Crippen molar-refractivity contribution in [2.75, 3.05) is 11.4 Å². The summed E-state index contributed by atoms with van der Waals surface area (Å²) in [5, 5.41) is 5.85. The molecule has 1 aliphatic heterocycles. The number of carbonyl (C=O) groups is 3. The predicted octanol–water partition coefficient (Wildman–Crippen LogP) is 6.22. The fourth-order valence-electron chi connectivity index (χ4n) is 4.62. The molecule has 0 spiro atoms. The lowest BCUT2D eigenvalue weighted by Crippen LogP contribution is -2.52. The molecular formula is C29H31Cl2N3O3. The first kappa shape index (κ1) is 27.0. The fourth-order valence-corrected chi connectivity index (χ4v) is 5.09. The molecule has 0 aromatic heterocycles. The van der Waals surface area contributed by atoms with E-state index in [2.05, 4.69) is 5.32 Å². The number of benzene rings is 3. The van der Waals surface area contributed by atoms with E-state index in [-0.39, 0.29) is 30.7 Å². The molecule has 8 heteroatoms. The minimum Gasteiger partial charge on any atom is -0.350 e. The number of nitrogens with zero attached hydrogens (tertiary/aromatic N) is 2. The average Bonchev–Trinajstić information content (AvgIpc) is 3.10. The third-order valence-electron chi connectivity index (χ3n) is 6.44. The lowest BCUT2D eigenvalue weighted by Gasteiger charge is -2.32. The topological polar surface area (TPSA) is 69.7 Å². The summed E-state index contributed by atoms with van der Waals surface area (Å²) in [5.41, 5.74) is 1.82. The Morgan fingerprint density at radius 3 is 2.43 bits per heavy atom. The Morgan fingerprint density at radius 1 is 1.05 bits per heavy atom. The van der Waals surface area contributed by atoms with Crippen molar-refractivity contribution in [1.29, 1.82) is 0 Å². The van der Waals surface area contributed by atoms with Crippen LogP contribution in [0.4, 0.5) is 5.69 Å². The number of hydrogen-bond donors (Lipinski definition) is 1. The van der Waals surface area contributed by atoms with Crippen molar-refractivity contribution < 1.29 is 14.4 Å². The Balaban J connectivity index is 1.49. The van der Waals surface area contributed by atoms with Gasteiger partial charge in [0.2, 0.25) is 11.8 Å². The molecule has 0 saturated carbocycles. The van der Waals surface area contributed by atoms with Gasteiger partial charge in [0.1, 0.15) is 6.04 Å². The molecule has 194 valence electrons. The Morgan fingerprint density at radius 2 is 1.76 bits per heavy atom. The van der Waals surface area contributed by atoms with Crippen LogP contribution < -0.4 is 10.2 Å². The lowest BCUT2D eigenvalue weighted by atomic mass is 10.1. The van der Waals surface area contributed by atoms with Gasteiger partial charge in [0.15, 0.2) is 0 Å². The van der Waals surface area contributed by atoms with Crippen LogP contribution in [-0.4, -0.2) is 40.7 Å². The zero-order valence-electron chi connectivity index (χ0n) is 21.5. The largest absolute Gasteiger partial charge is 0.350 e. The van der Waals surface area contributed by atoms with Gasteiger partial charge in [-0.1, -0.05) is 53.5 Å². The standard InChI is InChI=1S/C29H31Cl2N3O3/c1-18(27(36)32-29(2,3)4)34(17-20-13-14-21(30)16-23(20)31)25(35)12-7-15-33-24-11-6-9-19-8-5-10-22(26(19)24)28(33)37/h5-6,8-11,13-14,16,18H,7,12,15,17H2,1-4H3,(H,32,36)/t18-/m0/s1. The Labute approximate surface area is 227 Å². The van der Waals surface area contributed by atoms with Crippen molar-refractivity contribution in [2.24, 2.45) is 0 Å². The molecule has 0 unspecified atom stereocenters. The van der Waals surface area contributed by atoms with Crippen LogP contribution in [0, 0.1) is 0 Å². The SMILES string of the molecule is C[C@@H](C(=O)NC(C)(C)C)N(Cc1ccc(Cl)cc1Cl)C(=O)CCCN1C(=O)c2cccc3cccc1c23. The van der Waals surface area contributed by atoms with Crippen LogP contribution in [0.1, 0.15) is 56.5 Å². The molecule has 0 radical (unpaired) electrons. The van der Waals surface area contributed by atoms with Crippen LogP contribution in [0.2, 0.25) is 10.0 Å². The second-order valence-corrected chi connectivity index (χ2v) is 11.3. The summed E-state index contributed by atoms with van der Waals surface area (Å²) in [4.78, 5) is 42.8. The second-order valence-electron chi connectivity index (χ2n) is 10.4. The number of hydrogen-bond acceptors (Lipinski definition) is 3. The molecule has 6 nitrogen and oxygen atoms in total. The molecule has 1 heterocycles. The van der Waals surface area contributed by atoms with Gasteiger partial charge in [-0.25, -0.2) is 0 Å². The molecule has 0 saturated heterocycles. The Kier molecular flexibility index (Phi) is 7.81. The van der Waals surface area contributed by atoms with Gasteiger partial charge in [0.05, 0.1) is 5.69 Å². The number of amides is 3. The van der Waals surface area contributed by atoms with E-state index in [1.807, 2.05) is 57.2 Å². The van der Waals surface area contributed by atoms with Gasteiger partial charge in [-0.2, -0.15) is 0 Å². The monoisotopic (exact) mass is 539 g/mol. The average molecular weight is 540 g/mol. The molecule has 3 amide bonds. The molecule has 37 heavy (non-hydrogen) atoms. The van der Waals surface area contributed by atoms with Gasteiger partial charge in [-0.3, -0.25) is 14.4 Å². The first-order valence-corrected chi connectivity index (χ1v) is 13.1. The van der Waals surface area contributed by atoms with Crippen molar-refractivity contribution in [3.8, 4) is 0 Å². The molecule has 1 N–H and O–H groups in total. The maximum Gasteiger partial charge on any atom is 0.258 e. The van der Waals surface area contributed by atoms with Crippen LogP contribution in [0.3, 0.4) is 0 Å². The molecule has 0 aliphatic carbocycles. The molecule has 3 aromatic carbocycles. The highest BCUT2D eigenvalue weighted by Crippen LogP contribution is 2.37. The molecule has 3 aromatic rings. The summed E-state index contributed by atoms with van der Waals surface area (Å²) in [5.74, 6) is -0.491. The van der Waals surface area contributed by atoms with Crippen LogP contribution >= 0.6 is 23.2 Å². The van der Waals surface area contributed by atoms with E-state index < -0.39 is 11.6 Å². The normalized spacial score (nSPS) is 13.7.